The SMILES string of the molecule is CC(C)C(NC(=O)OC(C)(C)C)C(=O)Nc1nc(C(C)(C)C)cs1. The first kappa shape index (κ1) is 20.4. The predicted octanol–water partition coefficient (Wildman–Crippen LogP) is 3.93. The van der Waals surface area contributed by atoms with E-state index in [1.165, 1.54) is 11.3 Å². The van der Waals surface area contributed by atoms with Gasteiger partial charge in [0.25, 0.3) is 0 Å². The molecule has 0 fully saturated rings. The molecule has 2 N–H and O–H groups in total. The van der Waals surface area contributed by atoms with Crippen molar-refractivity contribution in [1.82, 2.24) is 10.3 Å². The molecule has 1 rings (SSSR count). The van der Waals surface area contributed by atoms with Crippen molar-refractivity contribution in [3.05, 3.63) is 11.1 Å². The van der Waals surface area contributed by atoms with Crippen LogP contribution in [0.5, 0.6) is 0 Å². The van der Waals surface area contributed by atoms with Crippen LogP contribution in [0.25, 0.3) is 0 Å². The van der Waals surface area contributed by atoms with Crippen molar-refractivity contribution in [1.29, 1.82) is 0 Å². The molecule has 0 saturated carbocycles. The fourth-order valence-corrected chi connectivity index (χ4v) is 2.77. The molecule has 0 spiro atoms. The molecule has 0 aliphatic carbocycles. The zero-order valence-corrected chi connectivity index (χ0v) is 16.6. The molecule has 6 nitrogen and oxygen atoms in total. The van der Waals surface area contributed by atoms with Gasteiger partial charge < -0.3 is 15.4 Å². The average molecular weight is 356 g/mol. The van der Waals surface area contributed by atoms with Crippen LogP contribution in [-0.2, 0) is 14.9 Å². The summed E-state index contributed by atoms with van der Waals surface area (Å²) in [5.74, 6) is -0.384. The molecule has 0 bridgehead atoms. The van der Waals surface area contributed by atoms with Crippen molar-refractivity contribution in [2.45, 2.75) is 72.4 Å². The largest absolute Gasteiger partial charge is 0.444 e. The summed E-state index contributed by atoms with van der Waals surface area (Å²) in [6.45, 7) is 15.3. The second kappa shape index (κ2) is 7.51. The first-order chi connectivity index (χ1) is 10.8. The lowest BCUT2D eigenvalue weighted by molar-refractivity contribution is -0.119. The van der Waals surface area contributed by atoms with Crippen molar-refractivity contribution in [3.63, 3.8) is 0 Å². The van der Waals surface area contributed by atoms with E-state index in [-0.39, 0.29) is 17.2 Å². The lowest BCUT2D eigenvalue weighted by atomic mass is 9.93. The number of hydrogen-bond donors (Lipinski definition) is 2. The Morgan fingerprint density at radius 1 is 1.17 bits per heavy atom. The molecular formula is C17H29N3O3S. The third-order valence-corrected chi connectivity index (χ3v) is 3.88. The van der Waals surface area contributed by atoms with Gasteiger partial charge in [0.2, 0.25) is 5.91 Å². The number of nitrogens with zero attached hydrogens (tertiary/aromatic N) is 1. The van der Waals surface area contributed by atoms with Gasteiger partial charge in [-0.25, -0.2) is 9.78 Å². The van der Waals surface area contributed by atoms with Gasteiger partial charge >= 0.3 is 6.09 Å². The maximum absolute atomic E-state index is 12.5. The number of hydrogen-bond acceptors (Lipinski definition) is 5. The molecule has 24 heavy (non-hydrogen) atoms. The van der Waals surface area contributed by atoms with Crippen molar-refractivity contribution in [2.24, 2.45) is 5.92 Å². The van der Waals surface area contributed by atoms with Crippen LogP contribution in [0.1, 0.15) is 61.1 Å². The van der Waals surface area contributed by atoms with E-state index in [0.29, 0.717) is 5.13 Å². The summed E-state index contributed by atoms with van der Waals surface area (Å²) in [5, 5.41) is 7.88. The molecule has 136 valence electrons. The summed E-state index contributed by atoms with van der Waals surface area (Å²) in [6, 6.07) is -0.693. The Balaban J connectivity index is 2.77. The van der Waals surface area contributed by atoms with E-state index in [1.54, 1.807) is 20.8 Å². The number of carbonyl (C=O) groups excluding carboxylic acids is 2. The van der Waals surface area contributed by atoms with Crippen molar-refractivity contribution < 1.29 is 14.3 Å². The molecule has 0 aromatic carbocycles. The fraction of sp³-hybridized carbons (Fsp3) is 0.706. The van der Waals surface area contributed by atoms with E-state index >= 15 is 0 Å². The number of aromatic nitrogens is 1. The lowest BCUT2D eigenvalue weighted by Gasteiger charge is -2.24. The summed E-state index contributed by atoms with van der Waals surface area (Å²) in [5.41, 5.74) is 0.231. The van der Waals surface area contributed by atoms with Crippen molar-refractivity contribution in [2.75, 3.05) is 5.32 Å². The molecule has 0 radical (unpaired) electrons. The zero-order chi connectivity index (χ0) is 18.7. The Kier molecular flexibility index (Phi) is 6.38. The number of thiazole rings is 1. The first-order valence-corrected chi connectivity index (χ1v) is 8.94. The number of nitrogens with one attached hydrogen (secondary N) is 2. The van der Waals surface area contributed by atoms with Gasteiger partial charge in [-0.3, -0.25) is 4.79 Å². The number of rotatable bonds is 4. The molecule has 0 saturated heterocycles. The van der Waals surface area contributed by atoms with Crippen molar-refractivity contribution >= 4 is 28.5 Å². The molecule has 0 aliphatic heterocycles. The van der Waals surface area contributed by atoms with Crippen LogP contribution in [0.3, 0.4) is 0 Å². The first-order valence-electron chi connectivity index (χ1n) is 8.06. The summed E-state index contributed by atoms with van der Waals surface area (Å²) in [6.07, 6.45) is -0.606. The topological polar surface area (TPSA) is 80.3 Å². The highest BCUT2D eigenvalue weighted by Crippen LogP contribution is 2.26. The molecule has 1 atom stereocenters. The molecular weight excluding hydrogens is 326 g/mol. The van der Waals surface area contributed by atoms with E-state index in [4.69, 9.17) is 4.74 Å². The van der Waals surface area contributed by atoms with Gasteiger partial charge in [-0.15, -0.1) is 11.3 Å². The van der Waals surface area contributed by atoms with E-state index in [0.717, 1.165) is 5.69 Å². The number of carbonyl (C=O) groups is 2. The molecule has 7 heteroatoms. The van der Waals surface area contributed by atoms with E-state index < -0.39 is 17.7 Å². The zero-order valence-electron chi connectivity index (χ0n) is 15.8. The number of anilines is 1. The van der Waals surface area contributed by atoms with Crippen LogP contribution >= 0.6 is 11.3 Å². The van der Waals surface area contributed by atoms with Crippen LogP contribution in [-0.4, -0.2) is 28.6 Å². The van der Waals surface area contributed by atoms with E-state index in [1.807, 2.05) is 19.2 Å². The maximum Gasteiger partial charge on any atom is 0.408 e. The van der Waals surface area contributed by atoms with Crippen LogP contribution in [0.15, 0.2) is 5.38 Å². The van der Waals surface area contributed by atoms with E-state index in [2.05, 4.69) is 36.4 Å². The highest BCUT2D eigenvalue weighted by Gasteiger charge is 2.28. The third-order valence-electron chi connectivity index (χ3n) is 3.12. The maximum atomic E-state index is 12.5. The Bertz CT molecular complexity index is 583. The van der Waals surface area contributed by atoms with Gasteiger partial charge in [0.05, 0.1) is 5.69 Å². The second-order valence-corrected chi connectivity index (χ2v) is 9.00. The minimum atomic E-state index is -0.693. The quantitative estimate of drug-likeness (QED) is 0.857. The molecule has 1 aromatic rings. The summed E-state index contributed by atoms with van der Waals surface area (Å²) in [7, 11) is 0. The van der Waals surface area contributed by atoms with Gasteiger partial charge in [0.1, 0.15) is 11.6 Å². The Hall–Kier alpha value is -1.63. The van der Waals surface area contributed by atoms with Gasteiger partial charge in [-0.1, -0.05) is 34.6 Å². The molecule has 1 unspecified atom stereocenters. The van der Waals surface area contributed by atoms with Gasteiger partial charge in [-0.2, -0.15) is 0 Å². The molecule has 1 aromatic heterocycles. The molecule has 2 amide bonds. The summed E-state index contributed by atoms with van der Waals surface area (Å²) < 4.78 is 5.22. The van der Waals surface area contributed by atoms with Crippen LogP contribution < -0.4 is 10.6 Å². The van der Waals surface area contributed by atoms with Gasteiger partial charge in [-0.05, 0) is 26.7 Å². The Morgan fingerprint density at radius 2 is 1.75 bits per heavy atom. The normalized spacial score (nSPS) is 13.5. The minimum Gasteiger partial charge on any atom is -0.444 e. The highest BCUT2D eigenvalue weighted by molar-refractivity contribution is 7.14. The summed E-state index contributed by atoms with van der Waals surface area (Å²) in [4.78, 5) is 28.9. The van der Waals surface area contributed by atoms with Crippen LogP contribution in [0, 0.1) is 5.92 Å². The lowest BCUT2D eigenvalue weighted by Crippen LogP contribution is -2.48. The summed E-state index contributed by atoms with van der Waals surface area (Å²) >= 11 is 1.38. The number of ether oxygens (including phenoxy) is 1. The number of amides is 2. The van der Waals surface area contributed by atoms with Crippen molar-refractivity contribution in [3.8, 4) is 0 Å². The van der Waals surface area contributed by atoms with Gasteiger partial charge in [0, 0.05) is 10.8 Å². The molecule has 1 heterocycles. The van der Waals surface area contributed by atoms with Crippen LogP contribution in [0.2, 0.25) is 0 Å². The highest BCUT2D eigenvalue weighted by atomic mass is 32.1. The predicted molar refractivity (Wildman–Crippen MR) is 97.4 cm³/mol. The molecule has 0 aliphatic rings. The standard InChI is InChI=1S/C17H29N3O3S/c1-10(2)12(19-15(22)23-17(6,7)8)13(21)20-14-18-11(9-24-14)16(3,4)5/h9-10,12H,1-8H3,(H,19,22)(H,18,20,21). The second-order valence-electron chi connectivity index (χ2n) is 8.15. The number of alkyl carbamates (subject to hydrolysis) is 1. The third kappa shape index (κ3) is 6.47. The van der Waals surface area contributed by atoms with Crippen LogP contribution in [0.4, 0.5) is 9.93 Å². The fourth-order valence-electron chi connectivity index (χ4n) is 1.83. The smallest absolute Gasteiger partial charge is 0.408 e. The monoisotopic (exact) mass is 355 g/mol. The minimum absolute atomic E-state index is 0.0777. The van der Waals surface area contributed by atoms with Gasteiger partial charge in [0.15, 0.2) is 5.13 Å². The Morgan fingerprint density at radius 3 is 2.17 bits per heavy atom. The average Bonchev–Trinajstić information content (AvgIpc) is 2.81. The Labute approximate surface area is 148 Å². The van der Waals surface area contributed by atoms with E-state index in [9.17, 15) is 9.59 Å².